The number of methoxy groups -OCH3 is 1. The number of hydrogen-bond donors (Lipinski definition) is 1. The van der Waals surface area contributed by atoms with Crippen LogP contribution in [0.25, 0.3) is 0 Å². The van der Waals surface area contributed by atoms with Crippen molar-refractivity contribution < 1.29 is 9.53 Å². The molecule has 0 atom stereocenters. The minimum atomic E-state index is -0.219. The summed E-state index contributed by atoms with van der Waals surface area (Å²) in [6, 6.07) is 19.4. The Morgan fingerprint density at radius 2 is 1.79 bits per heavy atom. The number of carbonyl (C=O) groups is 1. The van der Waals surface area contributed by atoms with Gasteiger partial charge in [-0.3, -0.25) is 4.79 Å². The maximum atomic E-state index is 12.6. The van der Waals surface area contributed by atoms with Gasteiger partial charge in [-0.15, -0.1) is 0 Å². The van der Waals surface area contributed by atoms with Gasteiger partial charge in [-0.1, -0.05) is 36.4 Å². The first-order valence-electron chi connectivity index (χ1n) is 9.13. The van der Waals surface area contributed by atoms with Crippen molar-refractivity contribution in [1.29, 1.82) is 0 Å². The van der Waals surface area contributed by atoms with Crippen LogP contribution in [0, 0.1) is 6.92 Å². The highest BCUT2D eigenvalue weighted by Gasteiger charge is 2.13. The van der Waals surface area contributed by atoms with Crippen LogP contribution in [0.4, 0.5) is 11.5 Å². The second-order valence-corrected chi connectivity index (χ2v) is 6.37. The summed E-state index contributed by atoms with van der Waals surface area (Å²) in [5, 5.41) is 2.93. The van der Waals surface area contributed by atoms with Crippen molar-refractivity contribution >= 4 is 17.4 Å². The first-order chi connectivity index (χ1) is 13.6. The number of aromatic nitrogens is 2. The number of nitrogens with zero attached hydrogens (tertiary/aromatic N) is 3. The van der Waals surface area contributed by atoms with Gasteiger partial charge in [0.15, 0.2) is 0 Å². The predicted molar refractivity (Wildman–Crippen MR) is 110 cm³/mol. The van der Waals surface area contributed by atoms with Crippen molar-refractivity contribution in [2.45, 2.75) is 13.3 Å². The summed E-state index contributed by atoms with van der Waals surface area (Å²) in [4.78, 5) is 23.3. The van der Waals surface area contributed by atoms with Crippen LogP contribution in [-0.2, 0) is 6.42 Å². The number of para-hydroxylation sites is 2. The fourth-order valence-corrected chi connectivity index (χ4v) is 2.93. The number of hydrogen-bond acceptors (Lipinski definition) is 5. The normalized spacial score (nSPS) is 10.4. The van der Waals surface area contributed by atoms with E-state index in [9.17, 15) is 4.79 Å². The van der Waals surface area contributed by atoms with Crippen molar-refractivity contribution in [3.8, 4) is 5.75 Å². The molecule has 0 unspecified atom stereocenters. The lowest BCUT2D eigenvalue weighted by Crippen LogP contribution is -2.27. The molecule has 1 heterocycles. The zero-order valence-corrected chi connectivity index (χ0v) is 16.3. The Balaban J connectivity index is 1.69. The van der Waals surface area contributed by atoms with Gasteiger partial charge in [0.25, 0.3) is 5.91 Å². The Hall–Kier alpha value is -3.41. The van der Waals surface area contributed by atoms with Crippen molar-refractivity contribution in [2.24, 2.45) is 0 Å². The highest BCUT2D eigenvalue weighted by Crippen LogP contribution is 2.22. The maximum absolute atomic E-state index is 12.6. The Labute approximate surface area is 165 Å². The summed E-state index contributed by atoms with van der Waals surface area (Å²) < 4.78 is 5.35. The van der Waals surface area contributed by atoms with Crippen LogP contribution in [0.5, 0.6) is 5.75 Å². The van der Waals surface area contributed by atoms with E-state index in [0.29, 0.717) is 30.3 Å². The number of anilines is 2. The zero-order valence-electron chi connectivity index (χ0n) is 16.3. The van der Waals surface area contributed by atoms with Crippen molar-refractivity contribution in [2.75, 3.05) is 25.6 Å². The molecule has 2 aromatic carbocycles. The second-order valence-electron chi connectivity index (χ2n) is 6.37. The molecule has 0 saturated carbocycles. The van der Waals surface area contributed by atoms with Crippen molar-refractivity contribution in [3.63, 3.8) is 0 Å². The van der Waals surface area contributed by atoms with E-state index in [1.54, 1.807) is 20.1 Å². The molecular formula is C22H24N4O2. The number of amides is 1. The summed E-state index contributed by atoms with van der Waals surface area (Å²) in [6.45, 7) is 2.28. The molecule has 3 rings (SSSR count). The topological polar surface area (TPSA) is 67.3 Å². The van der Waals surface area contributed by atoms with Crippen LogP contribution >= 0.6 is 0 Å². The standard InChI is InChI=1S/C22H24N4O2/c1-16-24-19(15-21(25-16)26(2)18-10-5-4-6-11-18)22(27)23-14-13-17-9-7-8-12-20(17)28-3/h4-12,15H,13-14H2,1-3H3,(H,23,27). The molecule has 6 heteroatoms. The largest absolute Gasteiger partial charge is 0.496 e. The zero-order chi connectivity index (χ0) is 19.9. The van der Waals surface area contributed by atoms with Gasteiger partial charge < -0.3 is 15.0 Å². The van der Waals surface area contributed by atoms with E-state index in [1.807, 2.05) is 66.5 Å². The van der Waals surface area contributed by atoms with E-state index >= 15 is 0 Å². The molecule has 0 spiro atoms. The SMILES string of the molecule is COc1ccccc1CCNC(=O)c1cc(N(C)c2ccccc2)nc(C)n1. The Bertz CT molecular complexity index is 944. The summed E-state index contributed by atoms with van der Waals surface area (Å²) in [6.07, 6.45) is 0.677. The second kappa shape index (κ2) is 8.99. The molecule has 0 aliphatic heterocycles. The first-order valence-corrected chi connectivity index (χ1v) is 9.13. The van der Waals surface area contributed by atoms with Gasteiger partial charge in [0.1, 0.15) is 23.1 Å². The number of nitrogens with one attached hydrogen (secondary N) is 1. The minimum absolute atomic E-state index is 0.219. The molecule has 1 N–H and O–H groups in total. The van der Waals surface area contributed by atoms with Crippen LogP contribution in [0.15, 0.2) is 60.7 Å². The monoisotopic (exact) mass is 376 g/mol. The van der Waals surface area contributed by atoms with Crippen LogP contribution in [0.1, 0.15) is 21.9 Å². The van der Waals surface area contributed by atoms with E-state index < -0.39 is 0 Å². The molecule has 0 saturated heterocycles. The van der Waals surface area contributed by atoms with Crippen molar-refractivity contribution in [3.05, 3.63) is 77.7 Å². The average molecular weight is 376 g/mol. The Kier molecular flexibility index (Phi) is 6.22. The minimum Gasteiger partial charge on any atom is -0.496 e. The summed E-state index contributed by atoms with van der Waals surface area (Å²) >= 11 is 0. The van der Waals surface area contributed by atoms with E-state index in [2.05, 4.69) is 15.3 Å². The molecule has 0 fully saturated rings. The van der Waals surface area contributed by atoms with Gasteiger partial charge in [0.05, 0.1) is 7.11 Å². The third-order valence-corrected chi connectivity index (χ3v) is 4.42. The summed E-state index contributed by atoms with van der Waals surface area (Å²) in [5.74, 6) is 1.83. The van der Waals surface area contributed by atoms with Gasteiger partial charge in [0.2, 0.25) is 0 Å². The number of ether oxygens (including phenoxy) is 1. The number of benzene rings is 2. The highest BCUT2D eigenvalue weighted by atomic mass is 16.5. The fourth-order valence-electron chi connectivity index (χ4n) is 2.93. The lowest BCUT2D eigenvalue weighted by Gasteiger charge is -2.19. The van der Waals surface area contributed by atoms with E-state index in [1.165, 1.54) is 0 Å². The van der Waals surface area contributed by atoms with Gasteiger partial charge in [-0.05, 0) is 37.1 Å². The lowest BCUT2D eigenvalue weighted by atomic mass is 10.1. The molecule has 0 aliphatic rings. The third kappa shape index (κ3) is 4.65. The van der Waals surface area contributed by atoms with Crippen LogP contribution in [0.3, 0.4) is 0 Å². The molecule has 0 aliphatic carbocycles. The number of rotatable bonds is 7. The van der Waals surface area contributed by atoms with Crippen LogP contribution in [0.2, 0.25) is 0 Å². The molecule has 0 bridgehead atoms. The fraction of sp³-hybridized carbons (Fsp3) is 0.227. The highest BCUT2D eigenvalue weighted by molar-refractivity contribution is 5.93. The van der Waals surface area contributed by atoms with E-state index in [0.717, 1.165) is 17.0 Å². The molecule has 1 amide bonds. The number of carbonyl (C=O) groups excluding carboxylic acids is 1. The molecule has 3 aromatic rings. The molecule has 6 nitrogen and oxygen atoms in total. The number of aryl methyl sites for hydroxylation is 1. The van der Waals surface area contributed by atoms with Gasteiger partial charge in [0, 0.05) is 25.3 Å². The average Bonchev–Trinajstić information content (AvgIpc) is 2.73. The maximum Gasteiger partial charge on any atom is 0.270 e. The molecule has 1 aromatic heterocycles. The molecule has 0 radical (unpaired) electrons. The van der Waals surface area contributed by atoms with Gasteiger partial charge in [-0.25, -0.2) is 9.97 Å². The Morgan fingerprint density at radius 1 is 1.07 bits per heavy atom. The molecule has 144 valence electrons. The molecule has 28 heavy (non-hydrogen) atoms. The quantitative estimate of drug-likeness (QED) is 0.683. The van der Waals surface area contributed by atoms with Gasteiger partial charge in [-0.2, -0.15) is 0 Å². The van der Waals surface area contributed by atoms with Gasteiger partial charge >= 0.3 is 0 Å². The summed E-state index contributed by atoms with van der Waals surface area (Å²) in [5.41, 5.74) is 2.39. The van der Waals surface area contributed by atoms with E-state index in [-0.39, 0.29) is 5.91 Å². The smallest absolute Gasteiger partial charge is 0.270 e. The van der Waals surface area contributed by atoms with E-state index in [4.69, 9.17) is 4.74 Å². The lowest BCUT2D eigenvalue weighted by molar-refractivity contribution is 0.0948. The van der Waals surface area contributed by atoms with Crippen LogP contribution < -0.4 is 15.0 Å². The molecular weight excluding hydrogens is 352 g/mol. The summed E-state index contributed by atoms with van der Waals surface area (Å²) in [7, 11) is 3.56. The Morgan fingerprint density at radius 3 is 2.54 bits per heavy atom. The first kappa shape index (κ1) is 19.4. The van der Waals surface area contributed by atoms with Crippen LogP contribution in [-0.4, -0.2) is 36.6 Å². The third-order valence-electron chi connectivity index (χ3n) is 4.42. The van der Waals surface area contributed by atoms with Crippen molar-refractivity contribution in [1.82, 2.24) is 15.3 Å². The predicted octanol–water partition coefficient (Wildman–Crippen LogP) is 3.53.